The van der Waals surface area contributed by atoms with Gasteiger partial charge in [-0.05, 0) is 37.1 Å². The Bertz CT molecular complexity index is 584. The molecule has 0 bridgehead atoms. The highest BCUT2D eigenvalue weighted by Crippen LogP contribution is 2.30. The van der Waals surface area contributed by atoms with Crippen LogP contribution in [-0.4, -0.2) is 18.1 Å². The lowest BCUT2D eigenvalue weighted by Gasteiger charge is -2.05. The Labute approximate surface area is 118 Å². The van der Waals surface area contributed by atoms with Crippen molar-refractivity contribution in [2.75, 3.05) is 7.11 Å². The third-order valence-corrected chi connectivity index (χ3v) is 4.72. The van der Waals surface area contributed by atoms with Crippen molar-refractivity contribution in [3.05, 3.63) is 38.8 Å². The minimum atomic E-state index is -0.400. The average Bonchev–Trinajstić information content (AvgIpc) is 2.84. The highest BCUT2D eigenvalue weighted by atomic mass is 79.9. The van der Waals surface area contributed by atoms with Crippen molar-refractivity contribution in [3.63, 3.8) is 0 Å². The topological polar surface area (TPSA) is 39.2 Å². The molecule has 0 radical (unpaired) electrons. The third kappa shape index (κ3) is 2.47. The van der Waals surface area contributed by atoms with E-state index < -0.39 is 5.97 Å². The second kappa shape index (κ2) is 5.20. The predicted octanol–water partition coefficient (Wildman–Crippen LogP) is 3.98. The van der Waals surface area contributed by atoms with Crippen LogP contribution in [0.15, 0.2) is 22.0 Å². The van der Waals surface area contributed by atoms with Crippen LogP contribution in [0, 0.1) is 13.8 Å². The van der Waals surface area contributed by atoms with Gasteiger partial charge in [0.15, 0.2) is 5.69 Å². The van der Waals surface area contributed by atoms with E-state index in [9.17, 15) is 4.79 Å². The van der Waals surface area contributed by atoms with Crippen molar-refractivity contribution < 1.29 is 9.53 Å². The molecule has 3 nitrogen and oxygen atoms in total. The number of aryl methyl sites for hydroxylation is 2. The molecule has 18 heavy (non-hydrogen) atoms. The molecule has 0 aliphatic heterocycles. The number of halogens is 1. The maximum atomic E-state index is 11.4. The van der Waals surface area contributed by atoms with Crippen LogP contribution >= 0.6 is 27.3 Å². The predicted molar refractivity (Wildman–Crippen MR) is 76.1 cm³/mol. The smallest absolute Gasteiger partial charge is 0.357 e. The van der Waals surface area contributed by atoms with Crippen LogP contribution < -0.4 is 0 Å². The molecule has 2 rings (SSSR count). The van der Waals surface area contributed by atoms with Gasteiger partial charge in [0.1, 0.15) is 5.01 Å². The summed E-state index contributed by atoms with van der Waals surface area (Å²) in [5.41, 5.74) is 3.68. The van der Waals surface area contributed by atoms with Crippen molar-refractivity contribution in [2.24, 2.45) is 0 Å². The molecule has 0 saturated carbocycles. The lowest BCUT2D eigenvalue weighted by atomic mass is 10.1. The molecule has 0 N–H and O–H groups in total. The van der Waals surface area contributed by atoms with Crippen LogP contribution in [-0.2, 0) is 4.74 Å². The first kappa shape index (κ1) is 13.2. The zero-order chi connectivity index (χ0) is 13.3. The number of carbonyl (C=O) groups excluding carboxylic acids is 1. The van der Waals surface area contributed by atoms with E-state index in [1.165, 1.54) is 18.4 Å². The summed E-state index contributed by atoms with van der Waals surface area (Å²) in [6, 6.07) is 4.11. The molecule has 1 aromatic heterocycles. The van der Waals surface area contributed by atoms with Gasteiger partial charge in [0.2, 0.25) is 0 Å². The van der Waals surface area contributed by atoms with Gasteiger partial charge >= 0.3 is 5.97 Å². The first-order valence-corrected chi connectivity index (χ1v) is 7.01. The highest BCUT2D eigenvalue weighted by Gasteiger charge is 2.13. The van der Waals surface area contributed by atoms with Gasteiger partial charge in [-0.25, -0.2) is 9.78 Å². The van der Waals surface area contributed by atoms with Gasteiger partial charge in [-0.15, -0.1) is 11.3 Å². The molecule has 0 fully saturated rings. The standard InChI is InChI=1S/C13H12BrNO2S/c1-7-4-9(5-8(2)11(7)14)12-15-10(6-18-12)13(16)17-3/h4-6H,1-3H3. The fourth-order valence-corrected chi connectivity index (χ4v) is 2.68. The molecule has 1 aromatic carbocycles. The number of esters is 1. The van der Waals surface area contributed by atoms with Gasteiger partial charge in [-0.3, -0.25) is 0 Å². The van der Waals surface area contributed by atoms with Gasteiger partial charge in [-0.2, -0.15) is 0 Å². The molecule has 0 atom stereocenters. The van der Waals surface area contributed by atoms with Gasteiger partial charge in [0.05, 0.1) is 7.11 Å². The molecule has 0 amide bonds. The van der Waals surface area contributed by atoms with Crippen molar-refractivity contribution in [2.45, 2.75) is 13.8 Å². The Morgan fingerprint density at radius 3 is 2.50 bits per heavy atom. The molecule has 0 aliphatic carbocycles. The summed E-state index contributed by atoms with van der Waals surface area (Å²) in [7, 11) is 1.36. The van der Waals surface area contributed by atoms with Gasteiger partial charge in [0, 0.05) is 15.4 Å². The summed E-state index contributed by atoms with van der Waals surface area (Å²) in [5, 5.41) is 2.54. The maximum absolute atomic E-state index is 11.4. The number of aromatic nitrogens is 1. The summed E-state index contributed by atoms with van der Waals surface area (Å²) in [6.45, 7) is 4.07. The van der Waals surface area contributed by atoms with Gasteiger partial charge < -0.3 is 4.74 Å². The number of hydrogen-bond donors (Lipinski definition) is 0. The SMILES string of the molecule is COC(=O)c1csc(-c2cc(C)c(Br)c(C)c2)n1. The molecule has 0 saturated heterocycles. The van der Waals surface area contributed by atoms with E-state index in [1.807, 2.05) is 13.8 Å². The molecular weight excluding hydrogens is 314 g/mol. The summed E-state index contributed by atoms with van der Waals surface area (Å²) in [6.07, 6.45) is 0. The molecule has 94 valence electrons. The Kier molecular flexibility index (Phi) is 3.82. The van der Waals surface area contributed by atoms with Crippen molar-refractivity contribution in [1.82, 2.24) is 4.98 Å². The molecule has 1 heterocycles. The van der Waals surface area contributed by atoms with Crippen molar-refractivity contribution in [1.29, 1.82) is 0 Å². The summed E-state index contributed by atoms with van der Waals surface area (Å²) >= 11 is 4.98. The lowest BCUT2D eigenvalue weighted by molar-refractivity contribution is 0.0595. The number of methoxy groups -OCH3 is 1. The van der Waals surface area contributed by atoms with E-state index in [-0.39, 0.29) is 0 Å². The van der Waals surface area contributed by atoms with Crippen LogP contribution in [0.4, 0.5) is 0 Å². The molecule has 2 aromatic rings. The first-order valence-electron chi connectivity index (χ1n) is 5.34. The second-order valence-corrected chi connectivity index (χ2v) is 5.60. The van der Waals surface area contributed by atoms with E-state index >= 15 is 0 Å². The quantitative estimate of drug-likeness (QED) is 0.784. The number of rotatable bonds is 2. The van der Waals surface area contributed by atoms with Crippen molar-refractivity contribution in [3.8, 4) is 10.6 Å². The van der Waals surface area contributed by atoms with Crippen LogP contribution in [0.3, 0.4) is 0 Å². The Morgan fingerprint density at radius 1 is 1.33 bits per heavy atom. The van der Waals surface area contributed by atoms with E-state index in [4.69, 9.17) is 0 Å². The monoisotopic (exact) mass is 325 g/mol. The van der Waals surface area contributed by atoms with E-state index in [2.05, 4.69) is 37.8 Å². The fourth-order valence-electron chi connectivity index (χ4n) is 1.67. The summed E-state index contributed by atoms with van der Waals surface area (Å²) < 4.78 is 5.76. The number of ether oxygens (including phenoxy) is 1. The zero-order valence-corrected chi connectivity index (χ0v) is 12.7. The second-order valence-electron chi connectivity index (χ2n) is 3.95. The van der Waals surface area contributed by atoms with Crippen LogP contribution in [0.5, 0.6) is 0 Å². The molecule has 0 spiro atoms. The maximum Gasteiger partial charge on any atom is 0.357 e. The van der Waals surface area contributed by atoms with Crippen LogP contribution in [0.25, 0.3) is 10.6 Å². The largest absolute Gasteiger partial charge is 0.464 e. The highest BCUT2D eigenvalue weighted by molar-refractivity contribution is 9.10. The minimum absolute atomic E-state index is 0.357. The van der Waals surface area contributed by atoms with Crippen LogP contribution in [0.1, 0.15) is 21.6 Å². The third-order valence-electron chi connectivity index (χ3n) is 2.58. The Balaban J connectivity index is 2.43. The zero-order valence-electron chi connectivity index (χ0n) is 10.3. The van der Waals surface area contributed by atoms with Gasteiger partial charge in [-0.1, -0.05) is 15.9 Å². The van der Waals surface area contributed by atoms with E-state index in [0.29, 0.717) is 5.69 Å². The lowest BCUT2D eigenvalue weighted by Crippen LogP contribution is -2.01. The number of nitrogens with zero attached hydrogens (tertiary/aromatic N) is 1. The number of hydrogen-bond acceptors (Lipinski definition) is 4. The molecule has 0 unspecified atom stereocenters. The van der Waals surface area contributed by atoms with E-state index in [1.54, 1.807) is 5.38 Å². The van der Waals surface area contributed by atoms with Crippen LogP contribution in [0.2, 0.25) is 0 Å². The summed E-state index contributed by atoms with van der Waals surface area (Å²) in [4.78, 5) is 15.7. The first-order chi connectivity index (χ1) is 8.52. The number of thiazole rings is 1. The fraction of sp³-hybridized carbons (Fsp3) is 0.231. The molecule has 5 heteroatoms. The minimum Gasteiger partial charge on any atom is -0.464 e. The van der Waals surface area contributed by atoms with Gasteiger partial charge in [0.25, 0.3) is 0 Å². The normalized spacial score (nSPS) is 10.4. The Hall–Kier alpha value is -1.20. The molecular formula is C13H12BrNO2S. The Morgan fingerprint density at radius 2 is 1.94 bits per heavy atom. The summed E-state index contributed by atoms with van der Waals surface area (Å²) in [5.74, 6) is -0.400. The number of benzene rings is 1. The number of carbonyl (C=O) groups is 1. The average molecular weight is 326 g/mol. The molecule has 0 aliphatic rings. The van der Waals surface area contributed by atoms with E-state index in [0.717, 1.165) is 26.2 Å². The van der Waals surface area contributed by atoms with Crippen molar-refractivity contribution >= 4 is 33.2 Å².